The number of hydrogen-bond donors (Lipinski definition) is 0. The van der Waals surface area contributed by atoms with Crippen molar-refractivity contribution in [3.8, 4) is 11.1 Å². The summed E-state index contributed by atoms with van der Waals surface area (Å²) in [5.74, 6) is 0. The van der Waals surface area contributed by atoms with Crippen LogP contribution in [0.25, 0.3) is 54.2 Å². The van der Waals surface area contributed by atoms with E-state index < -0.39 is 0 Å². The molecule has 0 saturated carbocycles. The summed E-state index contributed by atoms with van der Waals surface area (Å²) in [6.45, 7) is 9.47. The molecule has 16 aromatic rings. The Morgan fingerprint density at radius 1 is 0.204 bits per heavy atom. The first-order chi connectivity index (χ1) is 50.7. The summed E-state index contributed by atoms with van der Waals surface area (Å²) in [5, 5.41) is 9.69. The quantitative estimate of drug-likeness (QED) is 0.0670. The van der Waals surface area contributed by atoms with Crippen molar-refractivity contribution >= 4 is 111 Å². The van der Waals surface area contributed by atoms with Crippen LogP contribution in [0.1, 0.15) is 82.1 Å². The molecule has 103 heavy (non-hydrogen) atoms. The van der Waals surface area contributed by atoms with Gasteiger partial charge >= 0.3 is 0 Å². The fraction of sp³-hybridized carbons (Fsp3) is 0.111. The molecule has 0 aliphatic rings. The van der Waals surface area contributed by atoms with Crippen molar-refractivity contribution in [3.05, 3.63) is 398 Å². The average Bonchev–Trinajstić information content (AvgIpc) is 0.744. The third kappa shape index (κ3) is 12.8. The fourth-order valence-electron chi connectivity index (χ4n) is 15.9. The Hall–Kier alpha value is -12.2. The van der Waals surface area contributed by atoms with Gasteiger partial charge in [0.05, 0.1) is 22.7 Å². The monoisotopic (exact) mass is 1330 g/mol. The van der Waals surface area contributed by atoms with Crippen molar-refractivity contribution < 1.29 is 0 Å². The highest BCUT2D eigenvalue weighted by Crippen LogP contribution is 2.48. The molecule has 0 spiro atoms. The van der Waals surface area contributed by atoms with E-state index in [9.17, 15) is 0 Å². The third-order valence-electron chi connectivity index (χ3n) is 21.5. The third-order valence-corrected chi connectivity index (χ3v) is 21.5. The van der Waals surface area contributed by atoms with Gasteiger partial charge in [-0.05, 0) is 189 Å². The maximum Gasteiger partial charge on any atom is 0.0540 e. The zero-order chi connectivity index (χ0) is 69.7. The van der Waals surface area contributed by atoms with E-state index in [-0.39, 0.29) is 10.8 Å². The second kappa shape index (κ2) is 28.8. The molecule has 16 aromatic carbocycles. The number of para-hydroxylation sites is 2. The summed E-state index contributed by atoms with van der Waals surface area (Å²) in [6.07, 6.45) is 5.29. The van der Waals surface area contributed by atoms with Gasteiger partial charge in [-0.3, -0.25) is 0 Å². The van der Waals surface area contributed by atoms with Gasteiger partial charge in [-0.1, -0.05) is 302 Å². The van der Waals surface area contributed by atoms with Crippen molar-refractivity contribution in [1.29, 1.82) is 0 Å². The number of fused-ring (bicyclic) bond motifs is 4. The van der Waals surface area contributed by atoms with Crippen LogP contribution in [0.2, 0.25) is 0 Å². The highest BCUT2D eigenvalue weighted by Gasteiger charge is 2.32. The fourth-order valence-corrected chi connectivity index (χ4v) is 15.9. The van der Waals surface area contributed by atoms with E-state index in [1.807, 2.05) is 0 Å². The molecule has 500 valence electrons. The van der Waals surface area contributed by atoms with Crippen molar-refractivity contribution in [2.45, 2.75) is 70.6 Å². The second-order valence-electron chi connectivity index (χ2n) is 27.8. The Labute approximate surface area is 607 Å². The van der Waals surface area contributed by atoms with Gasteiger partial charge < -0.3 is 19.6 Å². The molecule has 16 rings (SSSR count). The maximum atomic E-state index is 2.44. The van der Waals surface area contributed by atoms with Crippen LogP contribution in [0.4, 0.5) is 68.2 Å². The topological polar surface area (TPSA) is 13.0 Å². The zero-order valence-corrected chi connectivity index (χ0v) is 59.1. The van der Waals surface area contributed by atoms with Gasteiger partial charge in [0.25, 0.3) is 0 Å². The molecule has 2 atom stereocenters. The number of rotatable bonds is 22. The summed E-state index contributed by atoms with van der Waals surface area (Å²) >= 11 is 0. The maximum absolute atomic E-state index is 2.44. The number of benzene rings is 16. The van der Waals surface area contributed by atoms with Crippen molar-refractivity contribution in [2.24, 2.45) is 0 Å². The van der Waals surface area contributed by atoms with Gasteiger partial charge in [-0.25, -0.2) is 0 Å². The van der Waals surface area contributed by atoms with Gasteiger partial charge in [-0.15, -0.1) is 0 Å². The molecule has 0 saturated heterocycles. The van der Waals surface area contributed by atoms with E-state index in [4.69, 9.17) is 0 Å². The Morgan fingerprint density at radius 2 is 0.427 bits per heavy atom. The summed E-state index contributed by atoms with van der Waals surface area (Å²) < 4.78 is 0. The first-order valence-corrected chi connectivity index (χ1v) is 36.6. The van der Waals surface area contributed by atoms with Gasteiger partial charge in [0.1, 0.15) is 0 Å². The summed E-state index contributed by atoms with van der Waals surface area (Å²) in [4.78, 5) is 9.65. The molecule has 0 N–H and O–H groups in total. The van der Waals surface area contributed by atoms with Crippen LogP contribution in [0.15, 0.2) is 376 Å². The summed E-state index contributed by atoms with van der Waals surface area (Å²) in [6, 6.07) is 139. The molecule has 4 nitrogen and oxygen atoms in total. The van der Waals surface area contributed by atoms with Crippen molar-refractivity contribution in [1.82, 2.24) is 0 Å². The standard InChI is InChI=1S/C99H84N4/c1-5-7-71-99(4,80-54-66-87(67-55-80)101(83-36-12-9-13-37-83)95-43-23-31-75-27-15-19-39-91(75)95)81-56-68-89(69-57-81)103(97-45-25-33-77-29-17-21-41-93(77)97)85-60-48-73(49-61-85)72-46-58-84(59-47-72)102(96-44-24-32-76-28-16-20-40-92(76)96)88-64-52-79(53-65-88)98(3,70-6-2)78-50-62-86(63-51-78)100(82-34-10-8-11-35-82)94-42-22-30-74-26-14-18-38-90(74)94/h8-69H,5-7,70-71H2,1-4H3/t98-,99?/m0/s1. The van der Waals surface area contributed by atoms with Crippen molar-refractivity contribution in [2.75, 3.05) is 19.6 Å². The smallest absolute Gasteiger partial charge is 0.0540 e. The molecule has 0 fully saturated rings. The highest BCUT2D eigenvalue weighted by atomic mass is 15.2. The van der Waals surface area contributed by atoms with E-state index in [0.717, 1.165) is 111 Å². The summed E-state index contributed by atoms with van der Waals surface area (Å²) in [5.41, 5.74) is 20.5. The molecule has 0 radical (unpaired) electrons. The molecule has 4 heteroatoms. The van der Waals surface area contributed by atoms with Crippen LogP contribution in [-0.2, 0) is 10.8 Å². The molecule has 0 amide bonds. The zero-order valence-electron chi connectivity index (χ0n) is 59.1. The number of hydrogen-bond acceptors (Lipinski definition) is 4. The molecular formula is C99H84N4. The van der Waals surface area contributed by atoms with Gasteiger partial charge in [0.2, 0.25) is 0 Å². The first kappa shape index (κ1) is 65.4. The van der Waals surface area contributed by atoms with E-state index in [2.05, 4.69) is 423 Å². The van der Waals surface area contributed by atoms with Crippen LogP contribution in [-0.4, -0.2) is 0 Å². The minimum atomic E-state index is -0.237. The van der Waals surface area contributed by atoms with E-state index in [1.165, 1.54) is 65.3 Å². The second-order valence-corrected chi connectivity index (χ2v) is 27.8. The predicted molar refractivity (Wildman–Crippen MR) is 441 cm³/mol. The summed E-state index contributed by atoms with van der Waals surface area (Å²) in [7, 11) is 0. The Balaban J connectivity index is 0.701. The first-order valence-electron chi connectivity index (χ1n) is 36.6. The van der Waals surface area contributed by atoms with Gasteiger partial charge in [0.15, 0.2) is 0 Å². The van der Waals surface area contributed by atoms with Crippen molar-refractivity contribution in [3.63, 3.8) is 0 Å². The number of nitrogens with zero attached hydrogens (tertiary/aromatic N) is 4. The van der Waals surface area contributed by atoms with Crippen LogP contribution in [0.5, 0.6) is 0 Å². The molecule has 0 heterocycles. The number of anilines is 12. The largest absolute Gasteiger partial charge is 0.310 e. The van der Waals surface area contributed by atoms with Gasteiger partial charge in [0, 0.05) is 77.9 Å². The highest BCUT2D eigenvalue weighted by molar-refractivity contribution is 6.03. The minimum Gasteiger partial charge on any atom is -0.310 e. The molecule has 0 aromatic heterocycles. The van der Waals surface area contributed by atoms with E-state index in [1.54, 1.807) is 0 Å². The Morgan fingerprint density at radius 3 is 0.689 bits per heavy atom. The Bertz CT molecular complexity index is 5560. The molecule has 1 unspecified atom stereocenters. The molecule has 0 bridgehead atoms. The molecular weight excluding hydrogens is 1250 g/mol. The Kier molecular flexibility index (Phi) is 18.3. The lowest BCUT2D eigenvalue weighted by Gasteiger charge is -2.33. The van der Waals surface area contributed by atoms with E-state index in [0.29, 0.717) is 0 Å². The lowest BCUT2D eigenvalue weighted by Crippen LogP contribution is -2.24. The van der Waals surface area contributed by atoms with E-state index >= 15 is 0 Å². The SMILES string of the molecule is CCCCC(C)(c1ccc(N(c2ccccc2)c2cccc3ccccc23)cc1)c1ccc(N(c2ccc(-c3ccc(N(c4ccc([C@@](C)(CCC)c5ccc(N(c6ccccc6)c6cccc7ccccc67)cc5)cc4)c4cccc5ccccc45)cc3)cc2)c2cccc3ccccc23)cc1. The lowest BCUT2D eigenvalue weighted by molar-refractivity contribution is 0.493. The van der Waals surface area contributed by atoms with Crippen LogP contribution < -0.4 is 19.6 Å². The van der Waals surface area contributed by atoms with Gasteiger partial charge in [-0.2, -0.15) is 0 Å². The average molecular weight is 1330 g/mol. The normalized spacial score (nSPS) is 12.6. The predicted octanol–water partition coefficient (Wildman–Crippen LogP) is 28.4. The van der Waals surface area contributed by atoms with Crippen LogP contribution >= 0.6 is 0 Å². The molecule has 0 aliphatic heterocycles. The van der Waals surface area contributed by atoms with Crippen LogP contribution in [0.3, 0.4) is 0 Å². The lowest BCUT2D eigenvalue weighted by atomic mass is 9.72. The van der Waals surface area contributed by atoms with Crippen LogP contribution in [0, 0.1) is 0 Å². The minimum absolute atomic E-state index is 0.235. The number of unbranched alkanes of at least 4 members (excludes halogenated alkanes) is 1. The molecule has 0 aliphatic carbocycles.